The number of rotatable bonds is 3. The van der Waals surface area contributed by atoms with Gasteiger partial charge in [-0.15, -0.1) is 11.3 Å². The van der Waals surface area contributed by atoms with Gasteiger partial charge in [-0.2, -0.15) is 4.31 Å². The average Bonchev–Trinajstić information content (AvgIpc) is 2.98. The predicted octanol–water partition coefficient (Wildman–Crippen LogP) is 1.65. The number of nitrogens with one attached hydrogen (secondary N) is 1. The maximum Gasteiger partial charge on any atom is 0.252 e. The fourth-order valence-corrected chi connectivity index (χ4v) is 5.63. The average molecular weight is 286 g/mol. The van der Waals surface area contributed by atoms with Crippen LogP contribution >= 0.6 is 11.3 Å². The number of hydrogen-bond donors (Lipinski definition) is 1. The largest absolute Gasteiger partial charge is 0.311 e. The van der Waals surface area contributed by atoms with E-state index in [2.05, 4.69) is 5.32 Å². The molecular weight excluding hydrogens is 268 g/mol. The summed E-state index contributed by atoms with van der Waals surface area (Å²) in [6.07, 6.45) is 4.26. The summed E-state index contributed by atoms with van der Waals surface area (Å²) in [6.45, 7) is 0. The molecular formula is C12H18N2O2S2. The molecule has 18 heavy (non-hydrogen) atoms. The summed E-state index contributed by atoms with van der Waals surface area (Å²) in [4.78, 5) is 0. The van der Waals surface area contributed by atoms with Crippen molar-refractivity contribution in [3.05, 3.63) is 17.5 Å². The first kappa shape index (κ1) is 12.6. The molecule has 1 aromatic heterocycles. The van der Waals surface area contributed by atoms with E-state index >= 15 is 0 Å². The first-order valence-corrected chi connectivity index (χ1v) is 8.67. The van der Waals surface area contributed by atoms with Crippen molar-refractivity contribution in [2.24, 2.45) is 0 Å². The van der Waals surface area contributed by atoms with E-state index in [0.29, 0.717) is 16.3 Å². The monoisotopic (exact) mass is 286 g/mol. The van der Waals surface area contributed by atoms with Crippen molar-refractivity contribution < 1.29 is 8.42 Å². The summed E-state index contributed by atoms with van der Waals surface area (Å²) in [7, 11) is -1.56. The van der Waals surface area contributed by atoms with E-state index in [9.17, 15) is 8.42 Å². The molecule has 0 spiro atoms. The Hall–Kier alpha value is -0.430. The van der Waals surface area contributed by atoms with Gasteiger partial charge >= 0.3 is 0 Å². The molecule has 0 radical (unpaired) electrons. The minimum Gasteiger partial charge on any atom is -0.311 e. The smallest absolute Gasteiger partial charge is 0.252 e. The van der Waals surface area contributed by atoms with Crippen LogP contribution in [0, 0.1) is 0 Å². The Morgan fingerprint density at radius 2 is 2.00 bits per heavy atom. The van der Waals surface area contributed by atoms with Crippen LogP contribution in [0.15, 0.2) is 21.7 Å². The molecule has 2 aliphatic rings. The number of thiophene rings is 1. The van der Waals surface area contributed by atoms with Crippen LogP contribution in [-0.2, 0) is 10.0 Å². The lowest BCUT2D eigenvalue weighted by atomic mass is 10.0. The molecule has 4 nitrogen and oxygen atoms in total. The van der Waals surface area contributed by atoms with Gasteiger partial charge in [0, 0.05) is 25.2 Å². The lowest BCUT2D eigenvalue weighted by Crippen LogP contribution is -2.48. The second-order valence-electron chi connectivity index (χ2n) is 5.22. The van der Waals surface area contributed by atoms with Crippen molar-refractivity contribution in [2.75, 3.05) is 7.05 Å². The van der Waals surface area contributed by atoms with E-state index in [1.807, 2.05) is 5.38 Å². The first-order chi connectivity index (χ1) is 8.57. The maximum atomic E-state index is 12.4. The SMILES string of the molecule is CN(C1CC2CCC(C1)N2)S(=O)(=O)c1cccs1. The molecule has 0 amide bonds. The number of fused-ring (bicyclic) bond motifs is 2. The predicted molar refractivity (Wildman–Crippen MR) is 72.2 cm³/mol. The molecule has 2 bridgehead atoms. The third-order valence-electron chi connectivity index (χ3n) is 4.09. The summed E-state index contributed by atoms with van der Waals surface area (Å²) < 4.78 is 26.9. The normalized spacial score (nSPS) is 32.0. The molecule has 2 unspecified atom stereocenters. The fraction of sp³-hybridized carbons (Fsp3) is 0.667. The third kappa shape index (κ3) is 2.11. The van der Waals surface area contributed by atoms with Gasteiger partial charge in [0.25, 0.3) is 10.0 Å². The Balaban J connectivity index is 1.80. The molecule has 100 valence electrons. The van der Waals surface area contributed by atoms with E-state index in [4.69, 9.17) is 0 Å². The number of piperidine rings is 1. The Labute approximate surface area is 112 Å². The van der Waals surface area contributed by atoms with E-state index in [1.54, 1.807) is 23.5 Å². The Bertz CT molecular complexity index is 500. The van der Waals surface area contributed by atoms with Crippen LogP contribution in [0.1, 0.15) is 25.7 Å². The lowest BCUT2D eigenvalue weighted by molar-refractivity contribution is 0.252. The maximum absolute atomic E-state index is 12.4. The molecule has 0 aliphatic carbocycles. The van der Waals surface area contributed by atoms with Gasteiger partial charge in [0.2, 0.25) is 0 Å². The van der Waals surface area contributed by atoms with Gasteiger partial charge in [0.05, 0.1) is 0 Å². The van der Waals surface area contributed by atoms with Crippen molar-refractivity contribution in [2.45, 2.75) is 48.0 Å². The van der Waals surface area contributed by atoms with Crippen LogP contribution in [0.25, 0.3) is 0 Å². The topological polar surface area (TPSA) is 49.4 Å². The molecule has 0 aromatic carbocycles. The zero-order valence-electron chi connectivity index (χ0n) is 10.4. The minimum absolute atomic E-state index is 0.149. The Kier molecular flexibility index (Phi) is 3.21. The summed E-state index contributed by atoms with van der Waals surface area (Å²) >= 11 is 1.29. The van der Waals surface area contributed by atoms with Crippen molar-refractivity contribution in [3.8, 4) is 0 Å². The zero-order chi connectivity index (χ0) is 12.8. The summed E-state index contributed by atoms with van der Waals surface area (Å²) in [5.74, 6) is 0. The van der Waals surface area contributed by atoms with Crippen molar-refractivity contribution in [1.82, 2.24) is 9.62 Å². The van der Waals surface area contributed by atoms with Crippen LogP contribution in [0.4, 0.5) is 0 Å². The molecule has 2 fully saturated rings. The number of sulfonamides is 1. The second-order valence-corrected chi connectivity index (χ2v) is 8.39. The molecule has 3 rings (SSSR count). The van der Waals surface area contributed by atoms with Crippen LogP contribution in [-0.4, -0.2) is 37.9 Å². The van der Waals surface area contributed by atoms with E-state index in [1.165, 1.54) is 24.2 Å². The van der Waals surface area contributed by atoms with Gasteiger partial charge < -0.3 is 5.32 Å². The van der Waals surface area contributed by atoms with Gasteiger partial charge in [0.1, 0.15) is 4.21 Å². The lowest BCUT2D eigenvalue weighted by Gasteiger charge is -2.34. The summed E-state index contributed by atoms with van der Waals surface area (Å²) in [5.41, 5.74) is 0. The minimum atomic E-state index is -3.29. The van der Waals surface area contributed by atoms with Crippen molar-refractivity contribution in [1.29, 1.82) is 0 Å². The Morgan fingerprint density at radius 1 is 1.33 bits per heavy atom. The third-order valence-corrected chi connectivity index (χ3v) is 7.37. The highest BCUT2D eigenvalue weighted by Crippen LogP contribution is 2.32. The Morgan fingerprint density at radius 3 is 2.56 bits per heavy atom. The van der Waals surface area contributed by atoms with Gasteiger partial charge in [0.15, 0.2) is 0 Å². The molecule has 1 aromatic rings. The second kappa shape index (κ2) is 4.59. The summed E-state index contributed by atoms with van der Waals surface area (Å²) in [6, 6.07) is 4.64. The first-order valence-electron chi connectivity index (χ1n) is 6.35. The molecule has 6 heteroatoms. The van der Waals surface area contributed by atoms with Gasteiger partial charge in [-0.3, -0.25) is 0 Å². The van der Waals surface area contributed by atoms with E-state index in [-0.39, 0.29) is 6.04 Å². The molecule has 1 N–H and O–H groups in total. The van der Waals surface area contributed by atoms with Crippen LogP contribution in [0.3, 0.4) is 0 Å². The van der Waals surface area contributed by atoms with E-state index < -0.39 is 10.0 Å². The van der Waals surface area contributed by atoms with E-state index in [0.717, 1.165) is 12.8 Å². The fourth-order valence-electron chi connectivity index (χ4n) is 3.07. The highest BCUT2D eigenvalue weighted by molar-refractivity contribution is 7.91. The van der Waals surface area contributed by atoms with Crippen LogP contribution in [0.5, 0.6) is 0 Å². The van der Waals surface area contributed by atoms with Crippen molar-refractivity contribution >= 4 is 21.4 Å². The molecule has 0 saturated carbocycles. The molecule has 3 heterocycles. The highest BCUT2D eigenvalue weighted by Gasteiger charge is 2.38. The van der Waals surface area contributed by atoms with Crippen LogP contribution in [0.2, 0.25) is 0 Å². The number of hydrogen-bond acceptors (Lipinski definition) is 4. The van der Waals surface area contributed by atoms with Crippen LogP contribution < -0.4 is 5.32 Å². The molecule has 2 atom stereocenters. The number of nitrogens with zero attached hydrogens (tertiary/aromatic N) is 1. The highest BCUT2D eigenvalue weighted by atomic mass is 32.2. The van der Waals surface area contributed by atoms with Gasteiger partial charge in [-0.1, -0.05) is 6.07 Å². The van der Waals surface area contributed by atoms with Crippen molar-refractivity contribution in [3.63, 3.8) is 0 Å². The van der Waals surface area contributed by atoms with Gasteiger partial charge in [-0.05, 0) is 37.1 Å². The zero-order valence-corrected chi connectivity index (χ0v) is 12.0. The van der Waals surface area contributed by atoms with Gasteiger partial charge in [-0.25, -0.2) is 8.42 Å². The molecule has 2 aliphatic heterocycles. The standard InChI is InChI=1S/C12H18N2O2S2/c1-14(18(15,16)12-3-2-6-17-12)11-7-9-4-5-10(8-11)13-9/h2-3,6,9-11,13H,4-5,7-8H2,1H3. The quantitative estimate of drug-likeness (QED) is 0.919. The molecule has 2 saturated heterocycles. The summed E-state index contributed by atoms with van der Waals surface area (Å²) in [5, 5.41) is 5.35.